The maximum atomic E-state index is 13.1. The molecule has 1 aromatic heterocycles. The highest BCUT2D eigenvalue weighted by molar-refractivity contribution is 7.15. The van der Waals surface area contributed by atoms with Crippen LogP contribution in [0.15, 0.2) is 24.3 Å². The summed E-state index contributed by atoms with van der Waals surface area (Å²) in [5, 5.41) is 6.95. The number of nitrogens with zero attached hydrogens (tertiary/aromatic N) is 1. The van der Waals surface area contributed by atoms with E-state index in [2.05, 4.69) is 10.6 Å². The topological polar surface area (TPSA) is 80.0 Å². The Balaban J connectivity index is 1.73. The Hall–Kier alpha value is -1.83. The number of rotatable bonds is 6. The van der Waals surface area contributed by atoms with Crippen molar-refractivity contribution in [3.8, 4) is 10.6 Å². The second kappa shape index (κ2) is 7.83. The van der Waals surface area contributed by atoms with Gasteiger partial charge in [-0.05, 0) is 43.5 Å². The first kappa shape index (κ1) is 17.0. The van der Waals surface area contributed by atoms with E-state index in [0.29, 0.717) is 13.1 Å². The van der Waals surface area contributed by atoms with Gasteiger partial charge in [0.25, 0.3) is 0 Å². The van der Waals surface area contributed by atoms with E-state index >= 15 is 0 Å². The van der Waals surface area contributed by atoms with Gasteiger partial charge in [0.2, 0.25) is 5.91 Å². The van der Waals surface area contributed by atoms with Crippen molar-refractivity contribution in [2.45, 2.75) is 25.3 Å². The predicted molar refractivity (Wildman–Crippen MR) is 93.3 cm³/mol. The molecule has 1 aliphatic carbocycles. The molecule has 4 N–H and O–H groups in total. The maximum Gasteiger partial charge on any atom is 0.234 e. The van der Waals surface area contributed by atoms with Crippen molar-refractivity contribution in [3.05, 3.63) is 40.7 Å². The van der Waals surface area contributed by atoms with E-state index in [4.69, 9.17) is 10.7 Å². The van der Waals surface area contributed by atoms with E-state index in [9.17, 15) is 9.18 Å². The number of hydrogen-bond acceptors (Lipinski definition) is 5. The highest BCUT2D eigenvalue weighted by Crippen LogP contribution is 2.37. The summed E-state index contributed by atoms with van der Waals surface area (Å²) in [5.41, 5.74) is 7.36. The van der Waals surface area contributed by atoms with Crippen molar-refractivity contribution in [1.82, 2.24) is 15.6 Å². The summed E-state index contributed by atoms with van der Waals surface area (Å²) in [5.74, 6) is -0.284. The number of benzene rings is 1. The number of fused-ring (bicyclic) bond motifs is 1. The van der Waals surface area contributed by atoms with E-state index in [0.717, 1.165) is 40.4 Å². The monoisotopic (exact) mass is 348 g/mol. The minimum absolute atomic E-state index is 0.00706. The lowest BCUT2D eigenvalue weighted by Gasteiger charge is -2.22. The summed E-state index contributed by atoms with van der Waals surface area (Å²) in [7, 11) is 0. The lowest BCUT2D eigenvalue weighted by Crippen LogP contribution is -2.38. The van der Waals surface area contributed by atoms with Gasteiger partial charge in [0, 0.05) is 18.7 Å². The largest absolute Gasteiger partial charge is 0.347 e. The summed E-state index contributed by atoms with van der Waals surface area (Å²) in [6, 6.07) is 6.37. The zero-order valence-corrected chi connectivity index (χ0v) is 14.2. The summed E-state index contributed by atoms with van der Waals surface area (Å²) in [6.45, 7) is 1.40. The summed E-state index contributed by atoms with van der Waals surface area (Å²) in [4.78, 5) is 17.9. The molecule has 1 heterocycles. The normalized spacial score (nSPS) is 16.7. The van der Waals surface area contributed by atoms with E-state index in [1.165, 1.54) is 12.1 Å². The van der Waals surface area contributed by atoms with Crippen LogP contribution in [0.3, 0.4) is 0 Å². The van der Waals surface area contributed by atoms with Crippen LogP contribution in [0.2, 0.25) is 0 Å². The quantitative estimate of drug-likeness (QED) is 0.698. The van der Waals surface area contributed by atoms with Crippen molar-refractivity contribution in [2.75, 3.05) is 19.6 Å². The lowest BCUT2D eigenvalue weighted by molar-refractivity contribution is -0.121. The van der Waals surface area contributed by atoms with Crippen LogP contribution in [-0.2, 0) is 11.2 Å². The van der Waals surface area contributed by atoms with Crippen molar-refractivity contribution in [1.29, 1.82) is 0 Å². The average molecular weight is 348 g/mol. The molecule has 0 spiro atoms. The second-order valence-electron chi connectivity index (χ2n) is 5.81. The van der Waals surface area contributed by atoms with Gasteiger partial charge in [-0.15, -0.1) is 11.3 Å². The van der Waals surface area contributed by atoms with Crippen molar-refractivity contribution >= 4 is 17.2 Å². The number of thiazole rings is 1. The SMILES string of the molecule is NCCNCC(=O)NC1CCCc2nc(-c3ccc(F)cc3)sc21. The molecule has 0 saturated carbocycles. The molecule has 1 aromatic carbocycles. The molecule has 0 aliphatic heterocycles. The predicted octanol–water partition coefficient (Wildman–Crippen LogP) is 1.99. The molecular formula is C17H21FN4OS. The first-order valence-corrected chi connectivity index (χ1v) is 8.94. The molecule has 3 rings (SSSR count). The van der Waals surface area contributed by atoms with Gasteiger partial charge in [-0.25, -0.2) is 9.37 Å². The van der Waals surface area contributed by atoms with Crippen LogP contribution in [0.1, 0.15) is 29.5 Å². The van der Waals surface area contributed by atoms with E-state index in [1.807, 2.05) is 0 Å². The summed E-state index contributed by atoms with van der Waals surface area (Å²) < 4.78 is 13.1. The molecular weight excluding hydrogens is 327 g/mol. The molecule has 1 amide bonds. The molecule has 2 aromatic rings. The third kappa shape index (κ3) is 3.98. The van der Waals surface area contributed by atoms with Gasteiger partial charge < -0.3 is 16.4 Å². The molecule has 0 bridgehead atoms. The Bertz CT molecular complexity index is 701. The molecule has 1 aliphatic rings. The molecule has 24 heavy (non-hydrogen) atoms. The van der Waals surface area contributed by atoms with Crippen LogP contribution >= 0.6 is 11.3 Å². The average Bonchev–Trinajstić information content (AvgIpc) is 3.01. The number of carbonyl (C=O) groups is 1. The molecule has 1 unspecified atom stereocenters. The number of nitrogens with two attached hydrogens (primary N) is 1. The van der Waals surface area contributed by atoms with Crippen molar-refractivity contribution < 1.29 is 9.18 Å². The fraction of sp³-hybridized carbons (Fsp3) is 0.412. The van der Waals surface area contributed by atoms with Crippen molar-refractivity contribution in [2.24, 2.45) is 5.73 Å². The number of aryl methyl sites for hydroxylation is 1. The molecule has 0 radical (unpaired) electrons. The minimum atomic E-state index is -0.254. The van der Waals surface area contributed by atoms with Crippen LogP contribution in [-0.4, -0.2) is 30.5 Å². The first-order chi connectivity index (χ1) is 11.7. The molecule has 5 nitrogen and oxygen atoms in total. The summed E-state index contributed by atoms with van der Waals surface area (Å²) >= 11 is 1.58. The maximum absolute atomic E-state index is 13.1. The number of aromatic nitrogens is 1. The van der Waals surface area contributed by atoms with Gasteiger partial charge in [-0.1, -0.05) is 0 Å². The fourth-order valence-electron chi connectivity index (χ4n) is 2.82. The highest BCUT2D eigenvalue weighted by atomic mass is 32.1. The zero-order valence-electron chi connectivity index (χ0n) is 13.3. The van der Waals surface area contributed by atoms with E-state index < -0.39 is 0 Å². The van der Waals surface area contributed by atoms with Gasteiger partial charge in [-0.3, -0.25) is 4.79 Å². The molecule has 7 heteroatoms. The van der Waals surface area contributed by atoms with E-state index in [-0.39, 0.29) is 24.3 Å². The standard InChI is InChI=1S/C17H21FN4OS/c18-12-6-4-11(5-7-12)17-22-14-3-1-2-13(16(14)24-17)21-15(23)10-20-9-8-19/h4-7,13,20H,1-3,8-10,19H2,(H,21,23). The number of hydrogen-bond donors (Lipinski definition) is 3. The first-order valence-electron chi connectivity index (χ1n) is 8.13. The Morgan fingerprint density at radius 2 is 2.17 bits per heavy atom. The van der Waals surface area contributed by atoms with Gasteiger partial charge in [0.1, 0.15) is 10.8 Å². The lowest BCUT2D eigenvalue weighted by atomic mass is 9.98. The van der Waals surface area contributed by atoms with E-state index in [1.54, 1.807) is 23.5 Å². The van der Waals surface area contributed by atoms with Crippen molar-refractivity contribution in [3.63, 3.8) is 0 Å². The molecule has 1 atom stereocenters. The minimum Gasteiger partial charge on any atom is -0.347 e. The summed E-state index contributed by atoms with van der Waals surface area (Å²) in [6.07, 6.45) is 2.84. The number of amides is 1. The molecule has 0 fully saturated rings. The van der Waals surface area contributed by atoms with Gasteiger partial charge >= 0.3 is 0 Å². The Morgan fingerprint density at radius 3 is 2.92 bits per heavy atom. The van der Waals surface area contributed by atoms with Gasteiger partial charge in [0.15, 0.2) is 0 Å². The third-order valence-corrected chi connectivity index (χ3v) is 5.24. The van der Waals surface area contributed by atoms with Crippen LogP contribution in [0.25, 0.3) is 10.6 Å². The number of carbonyl (C=O) groups excluding carboxylic acids is 1. The van der Waals surface area contributed by atoms with Crippen LogP contribution in [0.5, 0.6) is 0 Å². The van der Waals surface area contributed by atoms with Crippen LogP contribution in [0.4, 0.5) is 4.39 Å². The van der Waals surface area contributed by atoms with Crippen LogP contribution in [0, 0.1) is 5.82 Å². The van der Waals surface area contributed by atoms with Gasteiger partial charge in [0.05, 0.1) is 23.2 Å². The number of halogens is 1. The molecule has 128 valence electrons. The Kier molecular flexibility index (Phi) is 5.55. The van der Waals surface area contributed by atoms with Crippen LogP contribution < -0.4 is 16.4 Å². The Morgan fingerprint density at radius 1 is 1.38 bits per heavy atom. The smallest absolute Gasteiger partial charge is 0.234 e. The number of nitrogens with one attached hydrogen (secondary N) is 2. The van der Waals surface area contributed by atoms with Gasteiger partial charge in [-0.2, -0.15) is 0 Å². The Labute approximate surface area is 144 Å². The molecule has 0 saturated heterocycles. The fourth-order valence-corrected chi connectivity index (χ4v) is 4.03. The third-order valence-electron chi connectivity index (χ3n) is 3.98. The second-order valence-corrected chi connectivity index (χ2v) is 6.85. The zero-order chi connectivity index (χ0) is 16.9. The highest BCUT2D eigenvalue weighted by Gasteiger charge is 2.26.